The zero-order valence-corrected chi connectivity index (χ0v) is 17.7. The number of para-hydroxylation sites is 1. The number of hydrazine groups is 3. The zero-order valence-electron chi connectivity index (χ0n) is 16.8. The third-order valence-electron chi connectivity index (χ3n) is 5.69. The van der Waals surface area contributed by atoms with Crippen molar-refractivity contribution in [2.24, 2.45) is 0 Å². The molecule has 0 radical (unpaired) electrons. The predicted molar refractivity (Wildman–Crippen MR) is 113 cm³/mol. The molecule has 11 heteroatoms. The van der Waals surface area contributed by atoms with E-state index in [-0.39, 0.29) is 0 Å². The number of benzene rings is 1. The topological polar surface area (TPSA) is 85.7 Å². The third kappa shape index (κ3) is 4.54. The number of nitrogens with zero attached hydrogens (tertiary/aromatic N) is 6. The Kier molecular flexibility index (Phi) is 5.92. The summed E-state index contributed by atoms with van der Waals surface area (Å²) < 4.78 is 6.64. The van der Waals surface area contributed by atoms with E-state index in [4.69, 9.17) is 4.62 Å². The van der Waals surface area contributed by atoms with E-state index in [2.05, 4.69) is 40.9 Å². The first kappa shape index (κ1) is 19.6. The van der Waals surface area contributed by atoms with E-state index in [1.807, 2.05) is 24.3 Å². The summed E-state index contributed by atoms with van der Waals surface area (Å²) >= 11 is 0. The molecule has 3 aliphatic rings. The average Bonchev–Trinajstić information content (AvgIpc) is 3.51. The van der Waals surface area contributed by atoms with E-state index in [0.717, 1.165) is 50.3 Å². The molecule has 0 aliphatic carbocycles. The quantitative estimate of drug-likeness (QED) is 0.548. The predicted octanol–water partition coefficient (Wildman–Crippen LogP) is 1.34. The van der Waals surface area contributed by atoms with Crippen molar-refractivity contribution < 1.29 is 4.62 Å². The second-order valence-corrected chi connectivity index (χ2v) is 10.0. The van der Waals surface area contributed by atoms with Gasteiger partial charge in [0.2, 0.25) is 0 Å². The van der Waals surface area contributed by atoms with Crippen LogP contribution in [-0.4, -0.2) is 69.5 Å². The fraction of sp³-hybridized carbons (Fsp3) is 0.667. The SMILES string of the molecule is c1ccc2c(c1)nnn2O[P+](NN1CCCC1)(NN1CCCC1)NN1CCCC1. The highest BCUT2D eigenvalue weighted by molar-refractivity contribution is 7.65. The molecule has 0 amide bonds. The minimum Gasteiger partial charge on any atom is -0.207 e. The Morgan fingerprint density at radius 3 is 1.72 bits per heavy atom. The van der Waals surface area contributed by atoms with Gasteiger partial charge in [0.1, 0.15) is 11.0 Å². The van der Waals surface area contributed by atoms with E-state index >= 15 is 0 Å². The van der Waals surface area contributed by atoms with Gasteiger partial charge in [-0.25, -0.2) is 15.0 Å². The van der Waals surface area contributed by atoms with Crippen LogP contribution < -0.4 is 20.2 Å². The normalized spacial score (nSPS) is 22.2. The maximum Gasteiger partial charge on any atom is 0.486 e. The Hall–Kier alpha value is -1.39. The second kappa shape index (κ2) is 8.77. The molecular formula is C18H31N9OP+. The summed E-state index contributed by atoms with van der Waals surface area (Å²) in [5.41, 5.74) is 1.70. The van der Waals surface area contributed by atoms with Crippen molar-refractivity contribution in [3.05, 3.63) is 24.3 Å². The second-order valence-electron chi connectivity index (χ2n) is 8.02. The first-order valence-electron chi connectivity index (χ1n) is 10.8. The molecular weight excluding hydrogens is 389 g/mol. The van der Waals surface area contributed by atoms with Gasteiger partial charge in [0.05, 0.1) is 0 Å². The van der Waals surface area contributed by atoms with E-state index in [9.17, 15) is 0 Å². The Morgan fingerprint density at radius 2 is 1.21 bits per heavy atom. The van der Waals surface area contributed by atoms with Crippen LogP contribution in [0.5, 0.6) is 0 Å². The number of rotatable bonds is 8. The Bertz CT molecular complexity index is 754. The van der Waals surface area contributed by atoms with E-state index in [0.29, 0.717) is 0 Å². The van der Waals surface area contributed by atoms with Crippen molar-refractivity contribution in [1.82, 2.24) is 45.8 Å². The molecule has 3 fully saturated rings. The van der Waals surface area contributed by atoms with Gasteiger partial charge in [0.15, 0.2) is 0 Å². The van der Waals surface area contributed by atoms with Crippen LogP contribution in [0.4, 0.5) is 0 Å². The first-order chi connectivity index (χ1) is 14.3. The minimum atomic E-state index is -2.55. The first-order valence-corrected chi connectivity index (χ1v) is 12.5. The molecule has 0 atom stereocenters. The Labute approximate surface area is 172 Å². The number of hydrogen-bond acceptors (Lipinski definition) is 9. The minimum absolute atomic E-state index is 0.828. The molecule has 3 N–H and O–H groups in total. The van der Waals surface area contributed by atoms with Crippen LogP contribution in [0.3, 0.4) is 0 Å². The maximum absolute atomic E-state index is 6.64. The number of aromatic nitrogens is 3. The molecule has 158 valence electrons. The summed E-state index contributed by atoms with van der Waals surface area (Å²) in [7, 11) is -2.55. The highest BCUT2D eigenvalue weighted by atomic mass is 31.2. The molecule has 2 aromatic rings. The van der Waals surface area contributed by atoms with Crippen molar-refractivity contribution >= 4 is 19.0 Å². The fourth-order valence-corrected chi connectivity index (χ4v) is 6.59. The van der Waals surface area contributed by atoms with Gasteiger partial charge in [-0.2, -0.15) is 4.62 Å². The largest absolute Gasteiger partial charge is 0.486 e. The smallest absolute Gasteiger partial charge is 0.207 e. The molecule has 4 heterocycles. The van der Waals surface area contributed by atoms with E-state index < -0.39 is 7.94 Å². The van der Waals surface area contributed by atoms with Gasteiger partial charge in [0.25, 0.3) is 0 Å². The zero-order chi connectivity index (χ0) is 19.5. The van der Waals surface area contributed by atoms with Crippen LogP contribution in [0, 0.1) is 0 Å². The van der Waals surface area contributed by atoms with Crippen LogP contribution in [0.15, 0.2) is 24.3 Å². The summed E-state index contributed by atoms with van der Waals surface area (Å²) in [5, 5.41) is 26.6. The summed E-state index contributed by atoms with van der Waals surface area (Å²) in [6, 6.07) is 7.90. The Balaban J connectivity index is 1.46. The molecule has 10 nitrogen and oxygen atoms in total. The lowest BCUT2D eigenvalue weighted by atomic mass is 10.3. The molecule has 1 aromatic carbocycles. The van der Waals surface area contributed by atoms with Crippen molar-refractivity contribution in [3.63, 3.8) is 0 Å². The fourth-order valence-electron chi connectivity index (χ4n) is 4.19. The lowest BCUT2D eigenvalue weighted by Gasteiger charge is -2.32. The van der Waals surface area contributed by atoms with Crippen LogP contribution in [-0.2, 0) is 0 Å². The molecule has 0 unspecified atom stereocenters. The van der Waals surface area contributed by atoms with Crippen molar-refractivity contribution in [2.75, 3.05) is 39.3 Å². The van der Waals surface area contributed by atoms with E-state index in [1.165, 1.54) is 38.5 Å². The standard InChI is InChI=1S/C18H31N9OP/c1-2-10-18-17(9-1)19-20-27(18)28-29(21-24-11-3-4-12-24,22-25-13-5-6-14-25)23-26-15-7-8-16-26/h1-2,9-10,21-23H,3-8,11-16H2/q+1. The third-order valence-corrected chi connectivity index (χ3v) is 7.78. The van der Waals surface area contributed by atoms with E-state index in [1.54, 1.807) is 4.85 Å². The molecule has 0 bridgehead atoms. The highest BCUT2D eigenvalue weighted by Gasteiger charge is 2.51. The highest BCUT2D eigenvalue weighted by Crippen LogP contribution is 2.46. The summed E-state index contributed by atoms with van der Waals surface area (Å²) in [6.45, 7) is 6.12. The van der Waals surface area contributed by atoms with Gasteiger partial charge in [-0.05, 0) is 60.7 Å². The molecule has 3 saturated heterocycles. The Morgan fingerprint density at radius 1 is 0.724 bits per heavy atom. The molecule has 3 aliphatic heterocycles. The molecule has 5 rings (SSSR count). The van der Waals surface area contributed by atoms with Crippen molar-refractivity contribution in [2.45, 2.75) is 38.5 Å². The molecule has 1 aromatic heterocycles. The number of fused-ring (bicyclic) bond motifs is 1. The summed E-state index contributed by atoms with van der Waals surface area (Å²) in [4.78, 5) is 1.57. The summed E-state index contributed by atoms with van der Waals surface area (Å²) in [6.07, 6.45) is 7.21. The van der Waals surface area contributed by atoms with Gasteiger partial charge >= 0.3 is 7.94 Å². The molecule has 0 saturated carbocycles. The maximum atomic E-state index is 6.64. The van der Waals surface area contributed by atoms with Gasteiger partial charge < -0.3 is 0 Å². The lowest BCUT2D eigenvalue weighted by Crippen LogP contribution is -2.56. The van der Waals surface area contributed by atoms with Crippen LogP contribution in [0.1, 0.15) is 38.5 Å². The van der Waals surface area contributed by atoms with Gasteiger partial charge in [-0.1, -0.05) is 27.7 Å². The van der Waals surface area contributed by atoms with Gasteiger partial charge in [-0.15, -0.1) is 5.10 Å². The number of nitrogens with one attached hydrogen (secondary N) is 3. The monoisotopic (exact) mass is 420 g/mol. The van der Waals surface area contributed by atoms with Crippen LogP contribution >= 0.6 is 7.94 Å². The van der Waals surface area contributed by atoms with Crippen molar-refractivity contribution in [3.8, 4) is 0 Å². The van der Waals surface area contributed by atoms with Gasteiger partial charge in [-0.3, -0.25) is 0 Å². The van der Waals surface area contributed by atoms with Crippen LogP contribution in [0.2, 0.25) is 0 Å². The van der Waals surface area contributed by atoms with Gasteiger partial charge in [0, 0.05) is 39.3 Å². The lowest BCUT2D eigenvalue weighted by molar-refractivity contribution is 0.162. The summed E-state index contributed by atoms with van der Waals surface area (Å²) in [5.74, 6) is 0. The van der Waals surface area contributed by atoms with Crippen LogP contribution in [0.25, 0.3) is 11.0 Å². The number of hydrogen-bond donors (Lipinski definition) is 3. The average molecular weight is 420 g/mol. The molecule has 0 spiro atoms. The molecule has 29 heavy (non-hydrogen) atoms. The van der Waals surface area contributed by atoms with Crippen molar-refractivity contribution in [1.29, 1.82) is 0 Å².